The Bertz CT molecular complexity index is 1500. The number of amides is 2. The van der Waals surface area contributed by atoms with Crippen LogP contribution in [0.15, 0.2) is 36.4 Å². The largest absolute Gasteiger partial charge is 0.497 e. The number of allylic oxidation sites excluding steroid dienone is 2. The maximum Gasteiger partial charge on any atom is 0.311 e. The van der Waals surface area contributed by atoms with Crippen molar-refractivity contribution in [3.05, 3.63) is 47.6 Å². The topological polar surface area (TPSA) is 152 Å². The Kier molecular flexibility index (Phi) is 34.5. The van der Waals surface area contributed by atoms with Crippen molar-refractivity contribution in [2.75, 3.05) is 34.2 Å². The molecule has 358 valence electrons. The number of hydrogen-bond acceptors (Lipinski definition) is 11. The Morgan fingerprint density at radius 2 is 1.44 bits per heavy atom. The summed E-state index contributed by atoms with van der Waals surface area (Å²) in [4.78, 5) is 70.1. The number of ketones is 1. The summed E-state index contributed by atoms with van der Waals surface area (Å²) in [6.45, 7) is 13.6. The van der Waals surface area contributed by atoms with E-state index in [0.29, 0.717) is 56.8 Å². The number of rotatable bonds is 31. The second kappa shape index (κ2) is 37.1. The van der Waals surface area contributed by atoms with Crippen molar-refractivity contribution < 1.29 is 52.5 Å². The van der Waals surface area contributed by atoms with E-state index in [1.54, 1.807) is 21.0 Å². The van der Waals surface area contributed by atoms with E-state index < -0.39 is 11.5 Å². The van der Waals surface area contributed by atoms with Gasteiger partial charge in [-0.2, -0.15) is 0 Å². The zero-order chi connectivity index (χ0) is 47.3. The summed E-state index contributed by atoms with van der Waals surface area (Å²) in [5, 5.41) is 0. The molecule has 0 spiro atoms. The Labute approximate surface area is 380 Å². The highest BCUT2D eigenvalue weighted by molar-refractivity contribution is 5.84. The highest BCUT2D eigenvalue weighted by Crippen LogP contribution is 2.29. The van der Waals surface area contributed by atoms with Gasteiger partial charge in [0.1, 0.15) is 24.2 Å². The van der Waals surface area contributed by atoms with Gasteiger partial charge in [0.05, 0.1) is 12.5 Å². The second-order valence-electron chi connectivity index (χ2n) is 16.8. The first-order valence-corrected chi connectivity index (χ1v) is 23.4. The van der Waals surface area contributed by atoms with Gasteiger partial charge in [0.2, 0.25) is 12.3 Å². The summed E-state index contributed by atoms with van der Waals surface area (Å²) >= 11 is 0. The van der Waals surface area contributed by atoms with Gasteiger partial charge in [0.25, 0.3) is 0 Å². The molecule has 1 atom stereocenters. The number of aryl methyl sites for hydroxylation is 1. The lowest BCUT2D eigenvalue weighted by Crippen LogP contribution is -2.33. The van der Waals surface area contributed by atoms with Crippen molar-refractivity contribution in [2.45, 2.75) is 183 Å². The lowest BCUT2D eigenvalue weighted by molar-refractivity contribution is -0.167. The molecule has 1 saturated carbocycles. The zero-order valence-electron chi connectivity index (χ0n) is 40.5. The Hall–Kier alpha value is -4.32. The van der Waals surface area contributed by atoms with Crippen molar-refractivity contribution in [1.82, 2.24) is 4.90 Å². The molecule has 1 aliphatic carbocycles. The number of carbonyl (C=O) groups is 6. The van der Waals surface area contributed by atoms with Gasteiger partial charge in [-0.25, -0.2) is 0 Å². The third-order valence-corrected chi connectivity index (χ3v) is 10.9. The average Bonchev–Trinajstić information content (AvgIpc) is 3.23. The monoisotopic (exact) mass is 886 g/mol. The lowest BCUT2D eigenvalue weighted by Gasteiger charge is -2.25. The number of benzene rings is 1. The molecule has 0 saturated heterocycles. The number of unbranched alkanes of at least 4 members (excludes halogenated alkanes) is 8. The number of esters is 3. The van der Waals surface area contributed by atoms with Crippen molar-refractivity contribution in [2.24, 2.45) is 11.3 Å². The molecule has 1 aliphatic rings. The maximum atomic E-state index is 12.5. The first kappa shape index (κ1) is 58.7. The van der Waals surface area contributed by atoms with E-state index >= 15 is 0 Å². The third-order valence-electron chi connectivity index (χ3n) is 10.9. The minimum Gasteiger partial charge on any atom is -0.497 e. The van der Waals surface area contributed by atoms with Crippen LogP contribution in [0, 0.1) is 18.3 Å². The molecule has 1 unspecified atom stereocenters. The fourth-order valence-electron chi connectivity index (χ4n) is 6.28. The normalized spacial score (nSPS) is 12.8. The number of hydrogen-bond donors (Lipinski definition) is 0. The molecule has 0 radical (unpaired) electrons. The minimum atomic E-state index is -0.738. The molecule has 0 aliphatic heterocycles. The Morgan fingerprint density at radius 3 is 1.98 bits per heavy atom. The number of imide groups is 1. The maximum absolute atomic E-state index is 12.5. The highest BCUT2D eigenvalue weighted by atomic mass is 16.7. The fraction of sp³-hybridized carbons (Fsp3) is 0.686. The standard InChI is InChI=1S/C22H40O7.C17H21NO3.C12H22O/c1-6-8-9-10-11-13-19(23)27-16-18(7-2)29-21(25)22(3,4)15-12-14-20(24)28-17-26-5;1-14-12-17(21-3)10-9-16(14)8-6-4-5-7-11-18(13-19)15(2)20;1-2-3-4-5-6-10-12(13)11-8-7-9-11/h18H,6-17H2,1-5H3;4-6,8-10,12-13H,7,11H2,1-3H3;11H,2-10H2,1H3/b;5-4+,8-6-;. The van der Waals surface area contributed by atoms with Gasteiger partial charge in [-0.1, -0.05) is 109 Å². The molecular formula is C51H83NO11. The second-order valence-corrected chi connectivity index (χ2v) is 16.8. The van der Waals surface area contributed by atoms with Gasteiger partial charge in [0, 0.05) is 45.8 Å². The predicted molar refractivity (Wildman–Crippen MR) is 250 cm³/mol. The minimum absolute atomic E-state index is 0.0695. The van der Waals surface area contributed by atoms with Gasteiger partial charge in [-0.15, -0.1) is 0 Å². The molecule has 12 nitrogen and oxygen atoms in total. The van der Waals surface area contributed by atoms with E-state index in [1.807, 2.05) is 56.4 Å². The van der Waals surface area contributed by atoms with Crippen molar-refractivity contribution in [3.63, 3.8) is 0 Å². The van der Waals surface area contributed by atoms with Crippen LogP contribution >= 0.6 is 0 Å². The van der Waals surface area contributed by atoms with Gasteiger partial charge >= 0.3 is 17.9 Å². The van der Waals surface area contributed by atoms with Gasteiger partial charge in [-0.05, 0) is 95.4 Å². The third kappa shape index (κ3) is 29.6. The van der Waals surface area contributed by atoms with Crippen LogP contribution < -0.4 is 4.74 Å². The van der Waals surface area contributed by atoms with Crippen LogP contribution in [-0.2, 0) is 47.7 Å². The van der Waals surface area contributed by atoms with Crippen molar-refractivity contribution in [1.29, 1.82) is 0 Å². The molecule has 12 heteroatoms. The number of Topliss-reactive ketones (excluding diaryl/α,β-unsaturated/α-hetero) is 1. The van der Waals surface area contributed by atoms with Crippen LogP contribution in [-0.4, -0.2) is 81.2 Å². The molecular weight excluding hydrogens is 803 g/mol. The van der Waals surface area contributed by atoms with Crippen LogP contribution in [0.3, 0.4) is 0 Å². The summed E-state index contributed by atoms with van der Waals surface area (Å²) in [7, 11) is 3.10. The molecule has 0 aromatic heterocycles. The SMILES string of the molecule is CCCCCCCC(=O)C1CCC1.CCCCCCCC(=O)OCC(CC)OC(=O)C(C)(C)CCCC(=O)OCOC.COc1ccc(/C=C\C=C\CCN(C=O)C(C)=O)c(C)c1. The van der Waals surface area contributed by atoms with Crippen LogP contribution in [0.25, 0.3) is 6.08 Å². The molecule has 2 rings (SSSR count). The highest BCUT2D eigenvalue weighted by Gasteiger charge is 2.31. The van der Waals surface area contributed by atoms with Crippen LogP contribution in [0.5, 0.6) is 5.75 Å². The summed E-state index contributed by atoms with van der Waals surface area (Å²) in [5.74, 6) is 0.661. The van der Waals surface area contributed by atoms with Crippen LogP contribution in [0.2, 0.25) is 0 Å². The van der Waals surface area contributed by atoms with Gasteiger partial charge < -0.3 is 23.7 Å². The van der Waals surface area contributed by atoms with Gasteiger partial charge in [-0.3, -0.25) is 33.7 Å². The first-order chi connectivity index (χ1) is 30.2. The quantitative estimate of drug-likeness (QED) is 0.0175. The zero-order valence-corrected chi connectivity index (χ0v) is 40.5. The molecule has 0 bridgehead atoms. The van der Waals surface area contributed by atoms with E-state index in [1.165, 1.54) is 71.8 Å². The van der Waals surface area contributed by atoms with E-state index in [2.05, 4.69) is 18.6 Å². The van der Waals surface area contributed by atoms with E-state index in [4.69, 9.17) is 18.9 Å². The lowest BCUT2D eigenvalue weighted by atomic mass is 9.80. The summed E-state index contributed by atoms with van der Waals surface area (Å²) < 4.78 is 25.5. The van der Waals surface area contributed by atoms with Crippen molar-refractivity contribution >= 4 is 42.1 Å². The van der Waals surface area contributed by atoms with E-state index in [9.17, 15) is 28.8 Å². The summed E-state index contributed by atoms with van der Waals surface area (Å²) in [5.41, 5.74) is 1.53. The van der Waals surface area contributed by atoms with Crippen LogP contribution in [0.4, 0.5) is 0 Å². The molecule has 1 fully saturated rings. The molecule has 2 amide bonds. The molecule has 0 N–H and O–H groups in total. The Morgan fingerprint density at radius 1 is 0.825 bits per heavy atom. The number of carbonyl (C=O) groups excluding carboxylic acids is 6. The predicted octanol–water partition coefficient (Wildman–Crippen LogP) is 11.2. The first-order valence-electron chi connectivity index (χ1n) is 23.4. The van der Waals surface area contributed by atoms with Crippen LogP contribution in [0.1, 0.15) is 181 Å². The molecule has 63 heavy (non-hydrogen) atoms. The smallest absolute Gasteiger partial charge is 0.311 e. The summed E-state index contributed by atoms with van der Waals surface area (Å²) in [6.07, 6.45) is 26.9. The molecule has 1 aromatic carbocycles. The van der Waals surface area contributed by atoms with E-state index in [0.717, 1.165) is 53.9 Å². The molecule has 0 heterocycles. The van der Waals surface area contributed by atoms with Crippen molar-refractivity contribution in [3.8, 4) is 5.75 Å². The Balaban J connectivity index is 0.000000982. The molecule has 1 aromatic rings. The number of nitrogens with zero attached hydrogens (tertiary/aromatic N) is 1. The number of methoxy groups -OCH3 is 2. The summed E-state index contributed by atoms with van der Waals surface area (Å²) in [6, 6.07) is 5.91. The number of ether oxygens (including phenoxy) is 5. The fourth-order valence-corrected chi connectivity index (χ4v) is 6.28. The average molecular weight is 886 g/mol. The van der Waals surface area contributed by atoms with E-state index in [-0.39, 0.29) is 43.6 Å². The van der Waals surface area contributed by atoms with Gasteiger partial charge in [0.15, 0.2) is 6.79 Å².